The second-order valence-corrected chi connectivity index (χ2v) is 6.22. The van der Waals surface area contributed by atoms with Gasteiger partial charge in [-0.15, -0.1) is 0 Å². The predicted octanol–water partition coefficient (Wildman–Crippen LogP) is 4.23. The van der Waals surface area contributed by atoms with E-state index in [9.17, 15) is 4.79 Å². The summed E-state index contributed by atoms with van der Waals surface area (Å²) >= 11 is 3.36. The molecule has 23 heavy (non-hydrogen) atoms. The van der Waals surface area contributed by atoms with E-state index < -0.39 is 0 Å². The van der Waals surface area contributed by atoms with Gasteiger partial charge in [-0.2, -0.15) is 5.10 Å². The number of nitrogens with one attached hydrogen (secondary N) is 1. The van der Waals surface area contributed by atoms with Gasteiger partial charge in [0.15, 0.2) is 0 Å². The van der Waals surface area contributed by atoms with E-state index in [2.05, 4.69) is 38.6 Å². The van der Waals surface area contributed by atoms with Crippen molar-refractivity contribution in [2.75, 3.05) is 7.11 Å². The van der Waals surface area contributed by atoms with Crippen molar-refractivity contribution in [2.45, 2.75) is 20.8 Å². The molecular formula is C18H19BrN2O2. The van der Waals surface area contributed by atoms with Crippen molar-refractivity contribution < 1.29 is 9.53 Å². The van der Waals surface area contributed by atoms with E-state index in [1.165, 1.54) is 7.11 Å². The fourth-order valence-electron chi connectivity index (χ4n) is 2.24. The summed E-state index contributed by atoms with van der Waals surface area (Å²) in [7, 11) is 1.53. The number of nitrogens with zero attached hydrogens (tertiary/aromatic N) is 1. The summed E-state index contributed by atoms with van der Waals surface area (Å²) in [6.45, 7) is 5.92. The number of hydrogen-bond donors (Lipinski definition) is 1. The van der Waals surface area contributed by atoms with Crippen molar-refractivity contribution in [2.24, 2.45) is 5.10 Å². The van der Waals surface area contributed by atoms with E-state index in [-0.39, 0.29) is 5.91 Å². The second-order valence-electron chi connectivity index (χ2n) is 5.30. The van der Waals surface area contributed by atoms with Crippen molar-refractivity contribution in [3.05, 3.63) is 63.1 Å². The normalized spacial score (nSPS) is 11.3. The fourth-order valence-corrected chi connectivity index (χ4v) is 2.60. The zero-order chi connectivity index (χ0) is 17.0. The van der Waals surface area contributed by atoms with Gasteiger partial charge in [0.25, 0.3) is 5.91 Å². The molecule has 0 heterocycles. The number of rotatable bonds is 4. The first-order valence-electron chi connectivity index (χ1n) is 7.18. The smallest absolute Gasteiger partial charge is 0.275 e. The number of methoxy groups -OCH3 is 1. The third kappa shape index (κ3) is 4.20. The molecule has 0 aliphatic rings. The summed E-state index contributed by atoms with van der Waals surface area (Å²) in [5.41, 5.74) is 7.07. The maximum Gasteiger partial charge on any atom is 0.275 e. The highest BCUT2D eigenvalue weighted by Crippen LogP contribution is 2.22. The average molecular weight is 375 g/mol. The Morgan fingerprint density at radius 3 is 2.57 bits per heavy atom. The van der Waals surface area contributed by atoms with E-state index in [1.807, 2.05) is 32.9 Å². The molecule has 0 spiro atoms. The Balaban J connectivity index is 2.24. The Morgan fingerprint density at radius 2 is 1.87 bits per heavy atom. The summed E-state index contributed by atoms with van der Waals surface area (Å²) in [4.78, 5) is 12.3. The number of carbonyl (C=O) groups excluding carboxylic acids is 1. The van der Waals surface area contributed by atoms with Gasteiger partial charge in [-0.25, -0.2) is 5.43 Å². The molecule has 0 unspecified atom stereocenters. The van der Waals surface area contributed by atoms with Crippen LogP contribution < -0.4 is 10.2 Å². The number of hydrogen-bond acceptors (Lipinski definition) is 3. The van der Waals surface area contributed by atoms with Crippen LogP contribution in [-0.4, -0.2) is 18.7 Å². The first-order valence-corrected chi connectivity index (χ1v) is 7.97. The minimum Gasteiger partial charge on any atom is -0.496 e. The quantitative estimate of drug-likeness (QED) is 0.642. The SMILES string of the molecule is COc1ccc(Br)cc1C(=O)N/N=C(/C)c1cc(C)ccc1C. The molecule has 2 rings (SSSR count). The van der Waals surface area contributed by atoms with Crippen LogP contribution in [0.15, 0.2) is 46.0 Å². The second kappa shape index (κ2) is 7.42. The monoisotopic (exact) mass is 374 g/mol. The summed E-state index contributed by atoms with van der Waals surface area (Å²) in [6, 6.07) is 11.4. The van der Waals surface area contributed by atoms with E-state index in [0.717, 1.165) is 26.9 Å². The number of halogens is 1. The number of hydrazone groups is 1. The molecule has 0 bridgehead atoms. The highest BCUT2D eigenvalue weighted by Gasteiger charge is 2.12. The predicted molar refractivity (Wildman–Crippen MR) is 96.3 cm³/mol. The Morgan fingerprint density at radius 1 is 1.13 bits per heavy atom. The van der Waals surface area contributed by atoms with E-state index in [1.54, 1.807) is 12.1 Å². The van der Waals surface area contributed by atoms with Gasteiger partial charge in [0.05, 0.1) is 18.4 Å². The van der Waals surface area contributed by atoms with Gasteiger partial charge in [0.1, 0.15) is 5.75 Å². The van der Waals surface area contributed by atoms with Crippen LogP contribution in [0, 0.1) is 13.8 Å². The first kappa shape index (κ1) is 17.2. The van der Waals surface area contributed by atoms with Crippen molar-refractivity contribution in [3.8, 4) is 5.75 Å². The van der Waals surface area contributed by atoms with Crippen LogP contribution in [0.2, 0.25) is 0 Å². The average Bonchev–Trinajstić information content (AvgIpc) is 2.54. The van der Waals surface area contributed by atoms with Crippen LogP contribution in [0.3, 0.4) is 0 Å². The zero-order valence-corrected chi connectivity index (χ0v) is 15.2. The lowest BCUT2D eigenvalue weighted by Crippen LogP contribution is -2.20. The lowest BCUT2D eigenvalue weighted by molar-refractivity contribution is 0.0951. The molecule has 1 amide bonds. The van der Waals surface area contributed by atoms with Crippen LogP contribution >= 0.6 is 15.9 Å². The summed E-state index contributed by atoms with van der Waals surface area (Å²) in [6.07, 6.45) is 0. The fraction of sp³-hybridized carbons (Fsp3) is 0.222. The molecule has 5 heteroatoms. The molecule has 0 saturated heterocycles. The molecule has 120 valence electrons. The Labute approximate surface area is 144 Å². The van der Waals surface area contributed by atoms with Crippen LogP contribution in [0.1, 0.15) is 34.0 Å². The minimum absolute atomic E-state index is 0.312. The zero-order valence-electron chi connectivity index (χ0n) is 13.6. The highest BCUT2D eigenvalue weighted by atomic mass is 79.9. The van der Waals surface area contributed by atoms with Crippen molar-refractivity contribution in [1.29, 1.82) is 0 Å². The lowest BCUT2D eigenvalue weighted by atomic mass is 10.0. The highest BCUT2D eigenvalue weighted by molar-refractivity contribution is 9.10. The van der Waals surface area contributed by atoms with E-state index >= 15 is 0 Å². The lowest BCUT2D eigenvalue weighted by Gasteiger charge is -2.09. The summed E-state index contributed by atoms with van der Waals surface area (Å²) in [5, 5.41) is 4.22. The topological polar surface area (TPSA) is 50.7 Å². The number of ether oxygens (including phenoxy) is 1. The molecule has 0 fully saturated rings. The van der Waals surface area contributed by atoms with Crippen LogP contribution in [-0.2, 0) is 0 Å². The van der Waals surface area contributed by atoms with Gasteiger partial charge in [-0.05, 0) is 50.6 Å². The molecule has 0 radical (unpaired) electrons. The van der Waals surface area contributed by atoms with E-state index in [4.69, 9.17) is 4.74 Å². The molecular weight excluding hydrogens is 356 g/mol. The largest absolute Gasteiger partial charge is 0.496 e. The third-order valence-corrected chi connectivity index (χ3v) is 4.01. The number of benzene rings is 2. The number of carbonyl (C=O) groups is 1. The van der Waals surface area contributed by atoms with Crippen molar-refractivity contribution in [3.63, 3.8) is 0 Å². The first-order chi connectivity index (χ1) is 10.9. The molecule has 0 aliphatic heterocycles. The molecule has 4 nitrogen and oxygen atoms in total. The Kier molecular flexibility index (Phi) is 5.55. The van der Waals surface area contributed by atoms with Gasteiger partial charge in [-0.1, -0.05) is 33.6 Å². The van der Waals surface area contributed by atoms with Crippen molar-refractivity contribution >= 4 is 27.5 Å². The summed E-state index contributed by atoms with van der Waals surface area (Å²) < 4.78 is 6.02. The Bertz CT molecular complexity index is 770. The molecule has 1 N–H and O–H groups in total. The molecule has 0 aromatic heterocycles. The molecule has 0 aliphatic carbocycles. The van der Waals surface area contributed by atoms with Crippen LogP contribution in [0.25, 0.3) is 0 Å². The number of aryl methyl sites for hydroxylation is 2. The maximum atomic E-state index is 12.3. The molecule has 2 aromatic carbocycles. The van der Waals surface area contributed by atoms with Crippen LogP contribution in [0.4, 0.5) is 0 Å². The minimum atomic E-state index is -0.312. The van der Waals surface area contributed by atoms with Crippen LogP contribution in [0.5, 0.6) is 5.75 Å². The van der Waals surface area contributed by atoms with E-state index in [0.29, 0.717) is 11.3 Å². The van der Waals surface area contributed by atoms with Crippen molar-refractivity contribution in [1.82, 2.24) is 5.43 Å². The molecule has 2 aromatic rings. The van der Waals surface area contributed by atoms with Gasteiger partial charge < -0.3 is 4.74 Å². The van der Waals surface area contributed by atoms with Gasteiger partial charge >= 0.3 is 0 Å². The third-order valence-electron chi connectivity index (χ3n) is 3.51. The van der Waals surface area contributed by atoms with Gasteiger partial charge in [-0.3, -0.25) is 4.79 Å². The standard InChI is InChI=1S/C18H19BrN2O2/c1-11-5-6-12(2)15(9-11)13(3)20-21-18(22)16-10-14(19)7-8-17(16)23-4/h5-10H,1-4H3,(H,21,22)/b20-13-. The number of amides is 1. The van der Waals surface area contributed by atoms with Gasteiger partial charge in [0, 0.05) is 10.0 Å². The molecule has 0 saturated carbocycles. The Hall–Kier alpha value is -2.14. The van der Waals surface area contributed by atoms with Gasteiger partial charge in [0.2, 0.25) is 0 Å². The summed E-state index contributed by atoms with van der Waals surface area (Å²) in [5.74, 6) is 0.193. The maximum absolute atomic E-state index is 12.3. The molecule has 0 atom stereocenters.